The van der Waals surface area contributed by atoms with Crippen LogP contribution in [0.4, 0.5) is 0 Å². The number of ether oxygens (including phenoxy) is 1. The number of halogens is 1. The molecule has 0 aromatic rings. The minimum absolute atomic E-state index is 0. The van der Waals surface area contributed by atoms with Crippen LogP contribution in [0.2, 0.25) is 0 Å². The second-order valence-corrected chi connectivity index (χ2v) is 7.60. The lowest BCUT2D eigenvalue weighted by atomic mass is 9.84. The highest BCUT2D eigenvalue weighted by Gasteiger charge is 2.32. The van der Waals surface area contributed by atoms with E-state index < -0.39 is 0 Å². The van der Waals surface area contributed by atoms with Gasteiger partial charge in [0.2, 0.25) is 0 Å². The van der Waals surface area contributed by atoms with Gasteiger partial charge < -0.3 is 9.64 Å². The van der Waals surface area contributed by atoms with Crippen LogP contribution in [0.25, 0.3) is 0 Å². The van der Waals surface area contributed by atoms with Crippen LogP contribution in [0.1, 0.15) is 96.8 Å². The molecule has 1 fully saturated rings. The van der Waals surface area contributed by atoms with E-state index in [4.69, 9.17) is 4.74 Å². The molecule has 0 unspecified atom stereocenters. The van der Waals surface area contributed by atoms with Crippen molar-refractivity contribution in [3.8, 4) is 0 Å². The lowest BCUT2D eigenvalue weighted by Gasteiger charge is -2.35. The fourth-order valence-electron chi connectivity index (χ4n) is 3.69. The Bertz CT molecular complexity index is 309. The summed E-state index contributed by atoms with van der Waals surface area (Å²) < 4.78 is 6.06. The number of hydrogen-bond donors (Lipinski definition) is 0. The van der Waals surface area contributed by atoms with E-state index in [2.05, 4.69) is 19.0 Å². The molecule has 1 aliphatic rings. The standard InChI is InChI=1S/C20H39NO2.ClH/c1-4-19(22)23-20(17-14-18-21(2)3)15-12-10-8-6-5-7-9-11-13-16-20;/h4-18H2,1-3H3;1H. The van der Waals surface area contributed by atoms with Crippen LogP contribution >= 0.6 is 12.4 Å². The number of hydrogen-bond acceptors (Lipinski definition) is 3. The third-order valence-corrected chi connectivity index (χ3v) is 5.12. The van der Waals surface area contributed by atoms with Crippen molar-refractivity contribution >= 4 is 18.4 Å². The summed E-state index contributed by atoms with van der Waals surface area (Å²) in [6, 6.07) is 0. The van der Waals surface area contributed by atoms with E-state index in [9.17, 15) is 4.79 Å². The number of rotatable bonds is 6. The topological polar surface area (TPSA) is 29.5 Å². The molecule has 0 aromatic heterocycles. The van der Waals surface area contributed by atoms with E-state index in [0.717, 1.165) is 32.2 Å². The van der Waals surface area contributed by atoms with Gasteiger partial charge in [-0.3, -0.25) is 4.79 Å². The normalized spacial score (nSPS) is 19.7. The minimum Gasteiger partial charge on any atom is -0.459 e. The molecule has 0 spiro atoms. The molecule has 24 heavy (non-hydrogen) atoms. The zero-order valence-electron chi connectivity index (χ0n) is 16.3. The predicted molar refractivity (Wildman–Crippen MR) is 105 cm³/mol. The Balaban J connectivity index is 0.00000529. The largest absolute Gasteiger partial charge is 0.459 e. The highest BCUT2D eigenvalue weighted by molar-refractivity contribution is 5.85. The third-order valence-electron chi connectivity index (χ3n) is 5.12. The first-order chi connectivity index (χ1) is 11.1. The molecule has 144 valence electrons. The molecule has 4 heteroatoms. The molecule has 1 saturated carbocycles. The molecule has 3 nitrogen and oxygen atoms in total. The highest BCUT2D eigenvalue weighted by atomic mass is 35.5. The number of nitrogens with zero attached hydrogens (tertiary/aromatic N) is 1. The molecular weight excluding hydrogens is 322 g/mol. The van der Waals surface area contributed by atoms with Crippen LogP contribution < -0.4 is 0 Å². The molecule has 0 radical (unpaired) electrons. The quantitative estimate of drug-likeness (QED) is 0.564. The van der Waals surface area contributed by atoms with E-state index in [1.54, 1.807) is 0 Å². The number of carbonyl (C=O) groups excluding carboxylic acids is 1. The van der Waals surface area contributed by atoms with Crippen LogP contribution in [0.15, 0.2) is 0 Å². The van der Waals surface area contributed by atoms with Crippen LogP contribution in [0, 0.1) is 0 Å². The van der Waals surface area contributed by atoms with Crippen molar-refractivity contribution < 1.29 is 9.53 Å². The van der Waals surface area contributed by atoms with Crippen molar-refractivity contribution in [3.63, 3.8) is 0 Å². The maximum absolute atomic E-state index is 12.0. The van der Waals surface area contributed by atoms with Gasteiger partial charge in [0.1, 0.15) is 5.60 Å². The Morgan fingerprint density at radius 2 is 1.38 bits per heavy atom. The summed E-state index contributed by atoms with van der Waals surface area (Å²) >= 11 is 0. The molecular formula is C20H40ClNO2. The van der Waals surface area contributed by atoms with Crippen molar-refractivity contribution in [1.29, 1.82) is 0 Å². The first-order valence-corrected chi connectivity index (χ1v) is 9.94. The van der Waals surface area contributed by atoms with Gasteiger partial charge in [0, 0.05) is 6.42 Å². The Hall–Kier alpha value is -0.280. The van der Waals surface area contributed by atoms with Crippen LogP contribution in [0.5, 0.6) is 0 Å². The first kappa shape index (κ1) is 23.7. The van der Waals surface area contributed by atoms with Crippen molar-refractivity contribution in [2.24, 2.45) is 0 Å². The van der Waals surface area contributed by atoms with Gasteiger partial charge in [-0.2, -0.15) is 0 Å². The predicted octanol–water partition coefficient (Wildman–Crippen LogP) is 5.75. The van der Waals surface area contributed by atoms with Crippen molar-refractivity contribution in [2.75, 3.05) is 20.6 Å². The SMILES string of the molecule is CCC(=O)OC1(CCCN(C)C)CCCCCCCCCCC1.Cl. The molecule has 0 aromatic carbocycles. The average Bonchev–Trinajstić information content (AvgIpc) is 2.50. The van der Waals surface area contributed by atoms with Crippen molar-refractivity contribution in [1.82, 2.24) is 4.90 Å². The third kappa shape index (κ3) is 10.6. The number of esters is 1. The van der Waals surface area contributed by atoms with E-state index in [-0.39, 0.29) is 24.0 Å². The van der Waals surface area contributed by atoms with Gasteiger partial charge in [-0.25, -0.2) is 0 Å². The monoisotopic (exact) mass is 361 g/mol. The summed E-state index contributed by atoms with van der Waals surface area (Å²) in [5.41, 5.74) is -0.192. The molecule has 0 amide bonds. The summed E-state index contributed by atoms with van der Waals surface area (Å²) in [5, 5.41) is 0. The van der Waals surface area contributed by atoms with Gasteiger partial charge in [0.15, 0.2) is 0 Å². The van der Waals surface area contributed by atoms with Crippen LogP contribution in [-0.4, -0.2) is 37.1 Å². The van der Waals surface area contributed by atoms with E-state index in [1.807, 2.05) is 6.92 Å². The second-order valence-electron chi connectivity index (χ2n) is 7.60. The number of carbonyl (C=O) groups is 1. The second kappa shape index (κ2) is 13.9. The summed E-state index contributed by atoms with van der Waals surface area (Å²) in [7, 11) is 4.23. The molecule has 0 heterocycles. The lowest BCUT2D eigenvalue weighted by molar-refractivity contribution is -0.162. The fourth-order valence-corrected chi connectivity index (χ4v) is 3.69. The maximum Gasteiger partial charge on any atom is 0.306 e. The van der Waals surface area contributed by atoms with Gasteiger partial charge in [-0.05, 0) is 59.2 Å². The summed E-state index contributed by atoms with van der Waals surface area (Å²) in [6.45, 7) is 2.98. The maximum atomic E-state index is 12.0. The minimum atomic E-state index is -0.192. The molecule has 0 atom stereocenters. The first-order valence-electron chi connectivity index (χ1n) is 9.94. The lowest BCUT2D eigenvalue weighted by Crippen LogP contribution is -2.36. The van der Waals surface area contributed by atoms with E-state index in [0.29, 0.717) is 6.42 Å². The van der Waals surface area contributed by atoms with Gasteiger partial charge in [0.05, 0.1) is 0 Å². The Kier molecular flexibility index (Phi) is 13.8. The Morgan fingerprint density at radius 1 is 0.917 bits per heavy atom. The summed E-state index contributed by atoms with van der Waals surface area (Å²) in [5.74, 6) is -0.0121. The molecule has 1 rings (SSSR count). The van der Waals surface area contributed by atoms with Gasteiger partial charge in [0.25, 0.3) is 0 Å². The van der Waals surface area contributed by atoms with Crippen molar-refractivity contribution in [2.45, 2.75) is 102 Å². The molecule has 0 bridgehead atoms. The highest BCUT2D eigenvalue weighted by Crippen LogP contribution is 2.33. The van der Waals surface area contributed by atoms with E-state index >= 15 is 0 Å². The zero-order chi connectivity index (χ0) is 17.0. The molecule has 0 saturated heterocycles. The summed E-state index contributed by atoms with van der Waals surface area (Å²) in [4.78, 5) is 14.3. The van der Waals surface area contributed by atoms with Gasteiger partial charge in [-0.15, -0.1) is 12.4 Å². The molecule has 0 aliphatic heterocycles. The van der Waals surface area contributed by atoms with Gasteiger partial charge in [-0.1, -0.05) is 51.9 Å². The fraction of sp³-hybridized carbons (Fsp3) is 0.950. The average molecular weight is 362 g/mol. The van der Waals surface area contributed by atoms with Crippen LogP contribution in [-0.2, 0) is 9.53 Å². The summed E-state index contributed by atoms with van der Waals surface area (Å²) in [6.07, 6.45) is 16.6. The van der Waals surface area contributed by atoms with Gasteiger partial charge >= 0.3 is 5.97 Å². The Labute approximate surface area is 156 Å². The molecule has 1 aliphatic carbocycles. The molecule has 0 N–H and O–H groups in total. The van der Waals surface area contributed by atoms with Crippen molar-refractivity contribution in [3.05, 3.63) is 0 Å². The van der Waals surface area contributed by atoms with E-state index in [1.165, 1.54) is 57.8 Å². The smallest absolute Gasteiger partial charge is 0.306 e. The van der Waals surface area contributed by atoms with Crippen LogP contribution in [0.3, 0.4) is 0 Å². The zero-order valence-corrected chi connectivity index (χ0v) is 17.1. The Morgan fingerprint density at radius 3 is 1.79 bits per heavy atom.